The maximum absolute atomic E-state index is 11.9. The summed E-state index contributed by atoms with van der Waals surface area (Å²) in [5, 5.41) is 22.5. The Kier molecular flexibility index (Phi) is 4.22. The van der Waals surface area contributed by atoms with E-state index in [-0.39, 0.29) is 0 Å². The molecular formula is C9H6F3N3O5. The lowest BCUT2D eigenvalue weighted by atomic mass is 10.1. The van der Waals surface area contributed by atoms with E-state index in [9.17, 15) is 38.2 Å². The Morgan fingerprint density at radius 2 is 1.55 bits per heavy atom. The van der Waals surface area contributed by atoms with Gasteiger partial charge in [0.05, 0.1) is 21.5 Å². The number of nitrogens with zero attached hydrogens (tertiary/aromatic N) is 2. The molecule has 0 bridgehead atoms. The Bertz CT molecular complexity index is 540. The highest BCUT2D eigenvalue weighted by molar-refractivity contribution is 5.95. The molecule has 1 aromatic carbocycles. The van der Waals surface area contributed by atoms with Crippen molar-refractivity contribution in [1.82, 2.24) is 5.32 Å². The number of hydrogen-bond acceptors (Lipinski definition) is 5. The molecule has 0 aliphatic heterocycles. The van der Waals surface area contributed by atoms with E-state index in [0.717, 1.165) is 0 Å². The smallest absolute Gasteiger partial charge is 0.343 e. The first kappa shape index (κ1) is 15.3. The van der Waals surface area contributed by atoms with Crippen molar-refractivity contribution in [1.29, 1.82) is 0 Å². The Hall–Kier alpha value is -2.72. The van der Waals surface area contributed by atoms with Crippen molar-refractivity contribution in [2.75, 3.05) is 6.54 Å². The van der Waals surface area contributed by atoms with E-state index in [0.29, 0.717) is 18.2 Å². The van der Waals surface area contributed by atoms with Gasteiger partial charge in [0.25, 0.3) is 17.3 Å². The van der Waals surface area contributed by atoms with Crippen LogP contribution in [0, 0.1) is 20.2 Å². The molecule has 0 saturated carbocycles. The number of amides is 1. The van der Waals surface area contributed by atoms with E-state index in [2.05, 4.69) is 0 Å². The zero-order valence-electron chi connectivity index (χ0n) is 9.51. The summed E-state index contributed by atoms with van der Waals surface area (Å²) in [6, 6.07) is 1.90. The van der Waals surface area contributed by atoms with Gasteiger partial charge in [0.1, 0.15) is 6.54 Å². The predicted molar refractivity (Wildman–Crippen MR) is 58.1 cm³/mol. The summed E-state index contributed by atoms with van der Waals surface area (Å²) >= 11 is 0. The van der Waals surface area contributed by atoms with Crippen LogP contribution in [0.1, 0.15) is 10.4 Å². The van der Waals surface area contributed by atoms with Crippen molar-refractivity contribution in [3.63, 3.8) is 0 Å². The molecule has 1 aromatic rings. The van der Waals surface area contributed by atoms with Gasteiger partial charge in [0, 0.05) is 12.1 Å². The quantitative estimate of drug-likeness (QED) is 0.671. The van der Waals surface area contributed by atoms with Crippen LogP contribution in [0.15, 0.2) is 18.2 Å². The fourth-order valence-electron chi connectivity index (χ4n) is 1.22. The van der Waals surface area contributed by atoms with Crippen molar-refractivity contribution in [3.05, 3.63) is 44.0 Å². The molecule has 0 aliphatic carbocycles. The van der Waals surface area contributed by atoms with E-state index >= 15 is 0 Å². The fraction of sp³-hybridized carbons (Fsp3) is 0.222. The third kappa shape index (κ3) is 4.19. The van der Waals surface area contributed by atoms with Gasteiger partial charge in [0.2, 0.25) is 0 Å². The van der Waals surface area contributed by atoms with Crippen molar-refractivity contribution < 1.29 is 27.8 Å². The first-order valence-electron chi connectivity index (χ1n) is 4.89. The molecule has 8 nitrogen and oxygen atoms in total. The Labute approximate surface area is 108 Å². The van der Waals surface area contributed by atoms with Crippen molar-refractivity contribution >= 4 is 17.3 Å². The van der Waals surface area contributed by atoms with Gasteiger partial charge in [-0.05, 0) is 0 Å². The molecule has 0 aliphatic rings. The maximum atomic E-state index is 11.9. The second kappa shape index (κ2) is 5.50. The van der Waals surface area contributed by atoms with Gasteiger partial charge >= 0.3 is 6.18 Å². The second-order valence-corrected chi connectivity index (χ2v) is 3.55. The maximum Gasteiger partial charge on any atom is 0.405 e. The molecule has 0 heterocycles. The van der Waals surface area contributed by atoms with E-state index in [1.165, 1.54) is 5.32 Å². The minimum atomic E-state index is -4.66. The number of rotatable bonds is 4. The van der Waals surface area contributed by atoms with Crippen molar-refractivity contribution in [2.24, 2.45) is 0 Å². The van der Waals surface area contributed by atoms with Gasteiger partial charge in [-0.3, -0.25) is 25.0 Å². The number of carbonyl (C=O) groups is 1. The van der Waals surface area contributed by atoms with E-state index in [1.54, 1.807) is 0 Å². The molecule has 20 heavy (non-hydrogen) atoms. The van der Waals surface area contributed by atoms with Crippen LogP contribution < -0.4 is 5.32 Å². The summed E-state index contributed by atoms with van der Waals surface area (Å²) in [5.74, 6) is -1.30. The fourth-order valence-corrected chi connectivity index (χ4v) is 1.22. The van der Waals surface area contributed by atoms with Gasteiger partial charge in [-0.15, -0.1) is 0 Å². The molecule has 108 valence electrons. The number of non-ortho nitro benzene ring substituents is 2. The highest BCUT2D eigenvalue weighted by atomic mass is 19.4. The topological polar surface area (TPSA) is 115 Å². The molecule has 0 spiro atoms. The molecular weight excluding hydrogens is 287 g/mol. The number of halogens is 3. The molecule has 1 amide bonds. The molecule has 11 heteroatoms. The third-order valence-corrected chi connectivity index (χ3v) is 2.04. The Morgan fingerprint density at radius 1 is 1.10 bits per heavy atom. The van der Waals surface area contributed by atoms with Crippen LogP contribution in [-0.2, 0) is 0 Å². The number of alkyl halides is 3. The average molecular weight is 293 g/mol. The van der Waals surface area contributed by atoms with Crippen LogP contribution in [0.25, 0.3) is 0 Å². The van der Waals surface area contributed by atoms with Gasteiger partial charge in [-0.25, -0.2) is 0 Å². The highest BCUT2D eigenvalue weighted by Gasteiger charge is 2.28. The first-order valence-corrected chi connectivity index (χ1v) is 4.89. The number of nitrogens with one attached hydrogen (secondary N) is 1. The first-order chi connectivity index (χ1) is 9.10. The Morgan fingerprint density at radius 3 is 1.90 bits per heavy atom. The van der Waals surface area contributed by atoms with Crippen LogP contribution in [-0.4, -0.2) is 28.5 Å². The summed E-state index contributed by atoms with van der Waals surface area (Å²) in [7, 11) is 0. The summed E-state index contributed by atoms with van der Waals surface area (Å²) in [6.45, 7) is -1.65. The lowest BCUT2D eigenvalue weighted by molar-refractivity contribution is -0.394. The normalized spacial score (nSPS) is 10.9. The minimum Gasteiger partial charge on any atom is -0.343 e. The molecule has 0 radical (unpaired) electrons. The van der Waals surface area contributed by atoms with Crippen LogP contribution in [0.3, 0.4) is 0 Å². The number of benzene rings is 1. The van der Waals surface area contributed by atoms with Gasteiger partial charge in [0.15, 0.2) is 0 Å². The summed E-state index contributed by atoms with van der Waals surface area (Å²) in [6.07, 6.45) is -4.66. The lowest BCUT2D eigenvalue weighted by Gasteiger charge is -2.08. The molecule has 1 N–H and O–H groups in total. The van der Waals surface area contributed by atoms with Crippen LogP contribution >= 0.6 is 0 Å². The zero-order chi connectivity index (χ0) is 15.5. The largest absolute Gasteiger partial charge is 0.405 e. The Balaban J connectivity index is 3.07. The van der Waals surface area contributed by atoms with Gasteiger partial charge in [-0.2, -0.15) is 13.2 Å². The lowest BCUT2D eigenvalue weighted by Crippen LogP contribution is -2.33. The zero-order valence-corrected chi connectivity index (χ0v) is 9.51. The molecule has 0 saturated heterocycles. The van der Waals surface area contributed by atoms with Crippen LogP contribution in [0.4, 0.5) is 24.5 Å². The standard InChI is InChI=1S/C9H6F3N3O5/c10-9(11,12)4-13-8(16)5-1-6(14(17)18)3-7(2-5)15(19)20/h1-3H,4H2,(H,13,16). The monoisotopic (exact) mass is 293 g/mol. The van der Waals surface area contributed by atoms with Crippen molar-refractivity contribution in [3.8, 4) is 0 Å². The third-order valence-electron chi connectivity index (χ3n) is 2.04. The summed E-state index contributed by atoms with van der Waals surface area (Å²) in [5.41, 5.74) is -2.14. The van der Waals surface area contributed by atoms with Gasteiger partial charge < -0.3 is 5.32 Å². The van der Waals surface area contributed by atoms with Crippen molar-refractivity contribution in [2.45, 2.75) is 6.18 Å². The molecule has 0 aromatic heterocycles. The number of nitro groups is 2. The second-order valence-electron chi connectivity index (χ2n) is 3.55. The predicted octanol–water partition coefficient (Wildman–Crippen LogP) is 1.80. The summed E-state index contributed by atoms with van der Waals surface area (Å²) in [4.78, 5) is 30.5. The van der Waals surface area contributed by atoms with E-state index in [4.69, 9.17) is 0 Å². The molecule has 0 unspecified atom stereocenters. The number of nitro benzene ring substituents is 2. The molecule has 0 atom stereocenters. The number of hydrogen-bond donors (Lipinski definition) is 1. The number of carbonyl (C=O) groups excluding carboxylic acids is 1. The molecule has 0 fully saturated rings. The van der Waals surface area contributed by atoms with E-state index in [1.807, 2.05) is 0 Å². The SMILES string of the molecule is O=C(NCC(F)(F)F)c1cc([N+](=O)[O-])cc([N+](=O)[O-])c1. The van der Waals surface area contributed by atoms with Gasteiger partial charge in [-0.1, -0.05) is 0 Å². The summed E-state index contributed by atoms with van der Waals surface area (Å²) < 4.78 is 35.7. The van der Waals surface area contributed by atoms with E-state index < -0.39 is 45.4 Å². The minimum absolute atomic E-state index is 0.598. The average Bonchev–Trinajstić information content (AvgIpc) is 2.34. The van der Waals surface area contributed by atoms with Crippen LogP contribution in [0.5, 0.6) is 0 Å². The van der Waals surface area contributed by atoms with Crippen LogP contribution in [0.2, 0.25) is 0 Å². The highest BCUT2D eigenvalue weighted by Crippen LogP contribution is 2.23. The molecule has 1 rings (SSSR count).